The van der Waals surface area contributed by atoms with E-state index < -0.39 is 16.9 Å². The Balaban J connectivity index is 1.64. The number of benzene rings is 1. The zero-order valence-electron chi connectivity index (χ0n) is 18.4. The Morgan fingerprint density at radius 3 is 2.62 bits per heavy atom. The SMILES string of the molecule is CC1(C)C(=O)N(CCO)C2=CC(C(=O)Nc3ccc(OC(F)(F)Cl)cc3)=CC(c3ccn[nH]3)C21. The number of rotatable bonds is 7. The van der Waals surface area contributed by atoms with Gasteiger partial charge in [0.1, 0.15) is 5.75 Å². The van der Waals surface area contributed by atoms with Crippen LogP contribution in [0, 0.1) is 11.3 Å². The summed E-state index contributed by atoms with van der Waals surface area (Å²) in [5.41, 5.74) is -2.55. The molecule has 2 heterocycles. The molecule has 1 aliphatic heterocycles. The highest BCUT2D eigenvalue weighted by Crippen LogP contribution is 2.53. The van der Waals surface area contributed by atoms with Crippen LogP contribution in [0.25, 0.3) is 0 Å². The highest BCUT2D eigenvalue weighted by molar-refractivity contribution is 6.20. The lowest BCUT2D eigenvalue weighted by Crippen LogP contribution is -2.33. The number of aliphatic hydroxyl groups is 1. The summed E-state index contributed by atoms with van der Waals surface area (Å²) in [4.78, 5) is 27.8. The standard InChI is InChI=1S/C23H23ClF2N4O4/c1-22(2)19-16(17-7-8-27-29-17)11-13(12-18(19)30(9-10-31)21(22)33)20(32)28-14-3-5-15(6-4-14)34-23(24,25)26/h3-8,11-12,16,19,31H,9-10H2,1-2H3,(H,27,29)(H,28,32). The van der Waals surface area contributed by atoms with Gasteiger partial charge >= 0.3 is 5.57 Å². The minimum absolute atomic E-state index is 0.113. The lowest BCUT2D eigenvalue weighted by atomic mass is 9.69. The number of β-amino-alcohol motifs (C(OH)–C–C–N with tert-alkyl or cyclic N) is 1. The summed E-state index contributed by atoms with van der Waals surface area (Å²) in [5, 5.41) is 19.2. The van der Waals surface area contributed by atoms with Crippen molar-refractivity contribution in [3.05, 3.63) is 65.6 Å². The fourth-order valence-corrected chi connectivity index (χ4v) is 4.66. The second kappa shape index (κ2) is 8.84. The maximum atomic E-state index is 13.1. The molecule has 2 aromatic rings. The Labute approximate surface area is 199 Å². The minimum Gasteiger partial charge on any atom is -0.420 e. The summed E-state index contributed by atoms with van der Waals surface area (Å²) in [7, 11) is 0. The predicted octanol–water partition coefficient (Wildman–Crippen LogP) is 3.60. The predicted molar refractivity (Wildman–Crippen MR) is 120 cm³/mol. The molecule has 1 aromatic heterocycles. The second-order valence-corrected chi connectivity index (χ2v) is 9.08. The smallest absolute Gasteiger partial charge is 0.420 e. The first-order valence-electron chi connectivity index (χ1n) is 10.5. The molecule has 1 saturated heterocycles. The molecule has 2 aliphatic rings. The van der Waals surface area contributed by atoms with E-state index in [0.717, 1.165) is 5.69 Å². The quantitative estimate of drug-likeness (QED) is 0.512. The van der Waals surface area contributed by atoms with Crippen LogP contribution in [0.2, 0.25) is 0 Å². The van der Waals surface area contributed by atoms with E-state index in [1.54, 1.807) is 24.4 Å². The molecule has 8 nitrogen and oxygen atoms in total. The van der Waals surface area contributed by atoms with E-state index in [1.807, 2.05) is 13.8 Å². The Kier molecular flexibility index (Phi) is 6.22. The van der Waals surface area contributed by atoms with Crippen LogP contribution in [0.1, 0.15) is 25.5 Å². The van der Waals surface area contributed by atoms with E-state index >= 15 is 0 Å². The Morgan fingerprint density at radius 2 is 2.03 bits per heavy atom. The number of hydrogen-bond donors (Lipinski definition) is 3. The number of likely N-dealkylation sites (tertiary alicyclic amines) is 1. The summed E-state index contributed by atoms with van der Waals surface area (Å²) < 4.78 is 29.9. The molecule has 180 valence electrons. The highest BCUT2D eigenvalue weighted by atomic mass is 35.5. The number of amides is 2. The molecule has 11 heteroatoms. The third-order valence-corrected chi connectivity index (χ3v) is 6.12. The molecule has 0 radical (unpaired) electrons. The molecular weight excluding hydrogens is 470 g/mol. The van der Waals surface area contributed by atoms with Crippen molar-refractivity contribution in [2.24, 2.45) is 11.3 Å². The van der Waals surface area contributed by atoms with Crippen LogP contribution >= 0.6 is 11.6 Å². The number of alkyl halides is 3. The molecule has 0 spiro atoms. The third kappa shape index (κ3) is 4.55. The Hall–Kier alpha value is -3.24. The number of aliphatic hydroxyl groups excluding tert-OH is 1. The summed E-state index contributed by atoms with van der Waals surface area (Å²) >= 11 is 4.77. The number of ether oxygens (including phenoxy) is 1. The zero-order chi connectivity index (χ0) is 24.7. The zero-order valence-corrected chi connectivity index (χ0v) is 19.1. The Bertz CT molecular complexity index is 1140. The van der Waals surface area contributed by atoms with E-state index in [4.69, 9.17) is 11.6 Å². The number of carbonyl (C=O) groups is 2. The van der Waals surface area contributed by atoms with Crippen LogP contribution in [0.4, 0.5) is 14.5 Å². The fourth-order valence-electron chi connectivity index (χ4n) is 4.57. The number of aromatic nitrogens is 2. The van der Waals surface area contributed by atoms with E-state index in [-0.39, 0.29) is 36.6 Å². The van der Waals surface area contributed by atoms with Crippen LogP contribution in [0.3, 0.4) is 0 Å². The average molecular weight is 493 g/mol. The van der Waals surface area contributed by atoms with Crippen LogP contribution in [0.15, 0.2) is 60.0 Å². The molecule has 0 saturated carbocycles. The van der Waals surface area contributed by atoms with Crippen molar-refractivity contribution in [3.8, 4) is 5.75 Å². The first-order chi connectivity index (χ1) is 16.0. The van der Waals surface area contributed by atoms with Gasteiger partial charge in [0.25, 0.3) is 5.91 Å². The van der Waals surface area contributed by atoms with Gasteiger partial charge in [0.05, 0.1) is 12.0 Å². The third-order valence-electron chi connectivity index (χ3n) is 6.04. The maximum Gasteiger partial charge on any atom is 0.487 e. The number of halogens is 3. The van der Waals surface area contributed by atoms with E-state index in [2.05, 4.69) is 20.3 Å². The summed E-state index contributed by atoms with van der Waals surface area (Å²) in [6, 6.07) is 7.11. The van der Waals surface area contributed by atoms with Gasteiger partial charge in [-0.25, -0.2) is 0 Å². The van der Waals surface area contributed by atoms with Crippen molar-refractivity contribution in [2.75, 3.05) is 18.5 Å². The number of nitrogens with zero attached hydrogens (tertiary/aromatic N) is 2. The molecule has 1 aromatic carbocycles. The monoisotopic (exact) mass is 492 g/mol. The molecule has 0 bridgehead atoms. The van der Waals surface area contributed by atoms with Crippen LogP contribution in [-0.2, 0) is 9.59 Å². The topological polar surface area (TPSA) is 108 Å². The van der Waals surface area contributed by atoms with Gasteiger partial charge in [0, 0.05) is 58.8 Å². The first-order valence-corrected chi connectivity index (χ1v) is 10.9. The number of aromatic amines is 1. The molecular formula is C23H23ClF2N4O4. The van der Waals surface area contributed by atoms with Crippen molar-refractivity contribution >= 4 is 29.1 Å². The molecule has 2 amide bonds. The highest BCUT2D eigenvalue weighted by Gasteiger charge is 2.54. The van der Waals surface area contributed by atoms with Crippen molar-refractivity contribution in [1.82, 2.24) is 15.1 Å². The summed E-state index contributed by atoms with van der Waals surface area (Å²) in [6.45, 7) is 3.59. The lowest BCUT2D eigenvalue weighted by molar-refractivity contribution is -0.135. The second-order valence-electron chi connectivity index (χ2n) is 8.64. The van der Waals surface area contributed by atoms with Crippen molar-refractivity contribution in [3.63, 3.8) is 0 Å². The van der Waals surface area contributed by atoms with E-state index in [1.165, 1.54) is 29.2 Å². The largest absolute Gasteiger partial charge is 0.487 e. The number of H-pyrrole nitrogens is 1. The van der Waals surface area contributed by atoms with Gasteiger partial charge in [-0.2, -0.15) is 5.10 Å². The van der Waals surface area contributed by atoms with Gasteiger partial charge in [-0.1, -0.05) is 19.9 Å². The number of anilines is 1. The number of fused-ring (bicyclic) bond motifs is 1. The lowest BCUT2D eigenvalue weighted by Gasteiger charge is -2.32. The normalized spacial score (nSPS) is 21.6. The molecule has 1 aliphatic carbocycles. The van der Waals surface area contributed by atoms with Gasteiger partial charge in [-0.15, -0.1) is 8.78 Å². The molecule has 4 rings (SSSR count). The molecule has 2 atom stereocenters. The number of carbonyl (C=O) groups excluding carboxylic acids is 2. The van der Waals surface area contributed by atoms with Gasteiger partial charge in [-0.05, 0) is 36.4 Å². The molecule has 2 unspecified atom stereocenters. The van der Waals surface area contributed by atoms with Crippen molar-refractivity contribution in [2.45, 2.75) is 25.3 Å². The summed E-state index contributed by atoms with van der Waals surface area (Å²) in [6.07, 6.45) is 5.03. The molecule has 3 N–H and O–H groups in total. The Morgan fingerprint density at radius 1 is 1.32 bits per heavy atom. The van der Waals surface area contributed by atoms with Crippen molar-refractivity contribution in [1.29, 1.82) is 0 Å². The van der Waals surface area contributed by atoms with E-state index in [9.17, 15) is 23.5 Å². The summed E-state index contributed by atoms with van der Waals surface area (Å²) in [5.74, 6) is -1.35. The molecule has 1 fully saturated rings. The number of hydrogen-bond acceptors (Lipinski definition) is 5. The van der Waals surface area contributed by atoms with Gasteiger partial charge < -0.3 is 20.1 Å². The minimum atomic E-state index is -3.84. The van der Waals surface area contributed by atoms with E-state index in [0.29, 0.717) is 17.0 Å². The maximum absolute atomic E-state index is 13.1. The average Bonchev–Trinajstić information content (AvgIpc) is 3.36. The van der Waals surface area contributed by atoms with Crippen LogP contribution in [-0.4, -0.2) is 50.7 Å². The van der Waals surface area contributed by atoms with Crippen LogP contribution < -0.4 is 10.1 Å². The van der Waals surface area contributed by atoms with Gasteiger partial charge in [-0.3, -0.25) is 14.7 Å². The molecule has 34 heavy (non-hydrogen) atoms. The first kappa shape index (κ1) is 23.9. The fraction of sp³-hybridized carbons (Fsp3) is 0.348. The van der Waals surface area contributed by atoms with Gasteiger partial charge in [0.2, 0.25) is 5.91 Å². The van der Waals surface area contributed by atoms with Crippen LogP contribution in [0.5, 0.6) is 5.75 Å². The van der Waals surface area contributed by atoms with Crippen molar-refractivity contribution < 1.29 is 28.2 Å². The number of nitrogens with one attached hydrogen (secondary N) is 2. The van der Waals surface area contributed by atoms with Gasteiger partial charge in [0.15, 0.2) is 0 Å². The number of allylic oxidation sites excluding steroid dienone is 2.